The van der Waals surface area contributed by atoms with E-state index in [9.17, 15) is 9.59 Å². The normalized spacial score (nSPS) is 11.5. The van der Waals surface area contributed by atoms with E-state index in [0.29, 0.717) is 24.4 Å². The molecule has 0 aliphatic heterocycles. The van der Waals surface area contributed by atoms with E-state index in [1.807, 2.05) is 61.5 Å². The number of carbonyl (C=O) groups excluding carboxylic acids is 2. The van der Waals surface area contributed by atoms with Crippen molar-refractivity contribution < 1.29 is 14.3 Å². The Morgan fingerprint density at radius 2 is 1.69 bits per heavy atom. The SMILES string of the molecule is COc1ccc(N(C)C(=O)[C@H](Cc2ccccc2)NC(=O)c2cn(Cc3ccccc3C)nn2)cc1. The second-order valence-corrected chi connectivity index (χ2v) is 8.54. The standard InChI is InChI=1S/C28H29N5O3/c1-20-9-7-8-12-22(20)18-33-19-26(30-31-33)27(34)29-25(17-21-10-5-4-6-11-21)28(35)32(2)23-13-15-24(36-3)16-14-23/h4-16,19,25H,17-18H2,1-3H3,(H,29,34)/t25-/m0/s1. The fraction of sp³-hybridized carbons (Fsp3) is 0.214. The fourth-order valence-electron chi connectivity index (χ4n) is 3.89. The van der Waals surface area contributed by atoms with Crippen molar-refractivity contribution in [1.82, 2.24) is 20.3 Å². The Kier molecular flexibility index (Phi) is 7.75. The van der Waals surface area contributed by atoms with Gasteiger partial charge in [-0.1, -0.05) is 59.8 Å². The van der Waals surface area contributed by atoms with Crippen LogP contribution >= 0.6 is 0 Å². The predicted molar refractivity (Wildman–Crippen MR) is 138 cm³/mol. The van der Waals surface area contributed by atoms with Crippen molar-refractivity contribution in [2.24, 2.45) is 0 Å². The Morgan fingerprint density at radius 3 is 2.39 bits per heavy atom. The van der Waals surface area contributed by atoms with Crippen LogP contribution in [0.4, 0.5) is 5.69 Å². The number of anilines is 1. The number of methoxy groups -OCH3 is 1. The average Bonchev–Trinajstić information content (AvgIpc) is 3.38. The lowest BCUT2D eigenvalue weighted by atomic mass is 10.0. The molecule has 4 rings (SSSR count). The molecule has 1 atom stereocenters. The number of hydrogen-bond acceptors (Lipinski definition) is 5. The van der Waals surface area contributed by atoms with Crippen molar-refractivity contribution in [3.8, 4) is 5.75 Å². The quantitative estimate of drug-likeness (QED) is 0.393. The van der Waals surface area contributed by atoms with E-state index in [-0.39, 0.29) is 11.6 Å². The van der Waals surface area contributed by atoms with E-state index in [0.717, 1.165) is 16.7 Å². The molecule has 2 amide bonds. The van der Waals surface area contributed by atoms with Crippen LogP contribution < -0.4 is 15.0 Å². The number of carbonyl (C=O) groups is 2. The molecule has 1 N–H and O–H groups in total. The highest BCUT2D eigenvalue weighted by Gasteiger charge is 2.27. The summed E-state index contributed by atoms with van der Waals surface area (Å²) in [7, 11) is 3.28. The number of aromatic nitrogens is 3. The second kappa shape index (κ2) is 11.3. The molecule has 0 bridgehead atoms. The molecule has 1 aromatic heterocycles. The number of hydrogen-bond donors (Lipinski definition) is 1. The maximum Gasteiger partial charge on any atom is 0.274 e. The molecule has 4 aromatic rings. The number of ether oxygens (including phenoxy) is 1. The molecule has 3 aromatic carbocycles. The molecule has 0 fully saturated rings. The van der Waals surface area contributed by atoms with Gasteiger partial charge >= 0.3 is 0 Å². The molecule has 8 nitrogen and oxygen atoms in total. The number of nitrogens with one attached hydrogen (secondary N) is 1. The van der Waals surface area contributed by atoms with Crippen LogP contribution in [-0.2, 0) is 17.8 Å². The summed E-state index contributed by atoms with van der Waals surface area (Å²) < 4.78 is 6.83. The predicted octanol–water partition coefficient (Wildman–Crippen LogP) is 3.65. The van der Waals surface area contributed by atoms with E-state index in [1.54, 1.807) is 49.3 Å². The van der Waals surface area contributed by atoms with Gasteiger partial charge in [0, 0.05) is 19.2 Å². The molecule has 0 aliphatic carbocycles. The number of aryl methyl sites for hydroxylation is 1. The highest BCUT2D eigenvalue weighted by molar-refractivity contribution is 6.01. The minimum Gasteiger partial charge on any atom is -0.497 e. The molecule has 8 heteroatoms. The number of rotatable bonds is 9. The van der Waals surface area contributed by atoms with Crippen LogP contribution in [0, 0.1) is 6.92 Å². The first-order chi connectivity index (χ1) is 17.4. The van der Waals surface area contributed by atoms with Crippen LogP contribution in [0.3, 0.4) is 0 Å². The van der Waals surface area contributed by atoms with Gasteiger partial charge in [-0.15, -0.1) is 5.10 Å². The molecule has 0 saturated carbocycles. The molecule has 0 unspecified atom stereocenters. The lowest BCUT2D eigenvalue weighted by molar-refractivity contribution is -0.120. The molecule has 0 radical (unpaired) electrons. The molecular formula is C28H29N5O3. The van der Waals surface area contributed by atoms with Gasteiger partial charge in [0.2, 0.25) is 5.91 Å². The van der Waals surface area contributed by atoms with Gasteiger partial charge in [0.05, 0.1) is 19.9 Å². The summed E-state index contributed by atoms with van der Waals surface area (Å²) in [4.78, 5) is 28.1. The van der Waals surface area contributed by atoms with Gasteiger partial charge in [-0.3, -0.25) is 9.59 Å². The highest BCUT2D eigenvalue weighted by atomic mass is 16.5. The maximum absolute atomic E-state index is 13.5. The third-order valence-electron chi connectivity index (χ3n) is 6.04. The number of likely N-dealkylation sites (N-methyl/N-ethyl adjacent to an activating group) is 1. The van der Waals surface area contributed by atoms with Gasteiger partial charge in [-0.05, 0) is 47.9 Å². The molecule has 36 heavy (non-hydrogen) atoms. The zero-order valence-electron chi connectivity index (χ0n) is 20.6. The van der Waals surface area contributed by atoms with Crippen LogP contribution in [-0.4, -0.2) is 47.0 Å². The average molecular weight is 484 g/mol. The fourth-order valence-corrected chi connectivity index (χ4v) is 3.89. The Morgan fingerprint density at radius 1 is 1.00 bits per heavy atom. The van der Waals surface area contributed by atoms with E-state index in [4.69, 9.17) is 4.74 Å². The van der Waals surface area contributed by atoms with Crippen LogP contribution in [0.1, 0.15) is 27.2 Å². The van der Waals surface area contributed by atoms with E-state index in [2.05, 4.69) is 15.6 Å². The van der Waals surface area contributed by atoms with Crippen molar-refractivity contribution in [3.63, 3.8) is 0 Å². The summed E-state index contributed by atoms with van der Waals surface area (Å²) in [6.45, 7) is 2.53. The van der Waals surface area contributed by atoms with Gasteiger partial charge in [0.25, 0.3) is 5.91 Å². The van der Waals surface area contributed by atoms with Crippen molar-refractivity contribution in [1.29, 1.82) is 0 Å². The smallest absolute Gasteiger partial charge is 0.274 e. The minimum atomic E-state index is -0.798. The lowest BCUT2D eigenvalue weighted by Crippen LogP contribution is -2.48. The Bertz CT molecular complexity index is 1320. The van der Waals surface area contributed by atoms with Crippen molar-refractivity contribution in [2.45, 2.75) is 25.9 Å². The van der Waals surface area contributed by atoms with E-state index in [1.165, 1.54) is 4.90 Å². The topological polar surface area (TPSA) is 89.4 Å². The third-order valence-corrected chi connectivity index (χ3v) is 6.04. The number of nitrogens with zero attached hydrogens (tertiary/aromatic N) is 4. The first-order valence-corrected chi connectivity index (χ1v) is 11.7. The summed E-state index contributed by atoms with van der Waals surface area (Å²) in [5.41, 5.74) is 4.00. The maximum atomic E-state index is 13.5. The summed E-state index contributed by atoms with van der Waals surface area (Å²) in [5.74, 6) is -0.00404. The Labute approximate surface area is 210 Å². The zero-order chi connectivity index (χ0) is 25.5. The monoisotopic (exact) mass is 483 g/mol. The van der Waals surface area contributed by atoms with Crippen molar-refractivity contribution in [3.05, 3.63) is 107 Å². The van der Waals surface area contributed by atoms with E-state index < -0.39 is 11.9 Å². The summed E-state index contributed by atoms with van der Waals surface area (Å²) in [5, 5.41) is 11.0. The number of amides is 2. The zero-order valence-corrected chi connectivity index (χ0v) is 20.6. The van der Waals surface area contributed by atoms with Gasteiger partial charge in [-0.25, -0.2) is 4.68 Å². The van der Waals surface area contributed by atoms with Crippen LogP contribution in [0.2, 0.25) is 0 Å². The molecule has 0 saturated heterocycles. The van der Waals surface area contributed by atoms with Crippen molar-refractivity contribution in [2.75, 3.05) is 19.1 Å². The molecule has 184 valence electrons. The Balaban J connectivity index is 1.51. The molecule has 0 aliphatic rings. The van der Waals surface area contributed by atoms with Crippen LogP contribution in [0.5, 0.6) is 5.75 Å². The number of benzene rings is 3. The Hall–Kier alpha value is -4.46. The third kappa shape index (κ3) is 5.96. The minimum absolute atomic E-state index is 0.154. The second-order valence-electron chi connectivity index (χ2n) is 8.54. The lowest BCUT2D eigenvalue weighted by Gasteiger charge is -2.25. The van der Waals surface area contributed by atoms with Gasteiger partial charge in [-0.2, -0.15) is 0 Å². The van der Waals surface area contributed by atoms with Crippen LogP contribution in [0.15, 0.2) is 85.1 Å². The van der Waals surface area contributed by atoms with E-state index >= 15 is 0 Å². The first kappa shape index (κ1) is 24.7. The summed E-state index contributed by atoms with van der Waals surface area (Å²) >= 11 is 0. The summed E-state index contributed by atoms with van der Waals surface area (Å²) in [6.07, 6.45) is 1.93. The summed E-state index contributed by atoms with van der Waals surface area (Å²) in [6, 6.07) is 23.9. The van der Waals surface area contributed by atoms with Gasteiger partial charge in [0.15, 0.2) is 5.69 Å². The first-order valence-electron chi connectivity index (χ1n) is 11.7. The van der Waals surface area contributed by atoms with Gasteiger partial charge in [0.1, 0.15) is 11.8 Å². The van der Waals surface area contributed by atoms with Crippen LogP contribution in [0.25, 0.3) is 0 Å². The van der Waals surface area contributed by atoms with Crippen molar-refractivity contribution >= 4 is 17.5 Å². The molecule has 1 heterocycles. The molecular weight excluding hydrogens is 454 g/mol. The highest BCUT2D eigenvalue weighted by Crippen LogP contribution is 2.19. The molecule has 0 spiro atoms. The largest absolute Gasteiger partial charge is 0.497 e. The van der Waals surface area contributed by atoms with Gasteiger partial charge < -0.3 is 15.0 Å².